The van der Waals surface area contributed by atoms with E-state index in [1.165, 1.54) is 6.07 Å². The van der Waals surface area contributed by atoms with Crippen LogP contribution in [-0.4, -0.2) is 30.2 Å². The van der Waals surface area contributed by atoms with Crippen molar-refractivity contribution in [2.75, 3.05) is 13.2 Å². The summed E-state index contributed by atoms with van der Waals surface area (Å²) >= 11 is 0. The van der Waals surface area contributed by atoms with Crippen LogP contribution in [0, 0.1) is 5.82 Å². The molecule has 6 heteroatoms. The van der Waals surface area contributed by atoms with E-state index in [9.17, 15) is 13.2 Å². The standard InChI is InChI=1S/C9H8F3NO2/c10-6-1-2-8(13-3-6)15-7-4-14-5-9(7,11)12/h1-3,7H,4-5H2. The third kappa shape index (κ3) is 2.20. The fraction of sp³-hybridized carbons (Fsp3) is 0.444. The lowest BCUT2D eigenvalue weighted by Crippen LogP contribution is -2.36. The molecule has 2 heterocycles. The largest absolute Gasteiger partial charge is 0.465 e. The molecule has 0 aromatic carbocycles. The fourth-order valence-electron chi connectivity index (χ4n) is 1.21. The van der Waals surface area contributed by atoms with Gasteiger partial charge in [-0.05, 0) is 6.07 Å². The second-order valence-corrected chi connectivity index (χ2v) is 3.20. The molecule has 0 saturated carbocycles. The van der Waals surface area contributed by atoms with E-state index < -0.39 is 24.5 Å². The SMILES string of the molecule is Fc1ccc(OC2COCC2(F)F)nc1. The Morgan fingerprint density at radius 1 is 1.47 bits per heavy atom. The quantitative estimate of drug-likeness (QED) is 0.757. The van der Waals surface area contributed by atoms with E-state index in [0.29, 0.717) is 0 Å². The third-order valence-corrected chi connectivity index (χ3v) is 2.00. The predicted octanol–water partition coefficient (Wildman–Crippen LogP) is 1.63. The van der Waals surface area contributed by atoms with Gasteiger partial charge in [-0.25, -0.2) is 9.37 Å². The molecule has 1 fully saturated rings. The lowest BCUT2D eigenvalue weighted by Gasteiger charge is -2.17. The molecule has 2 rings (SSSR count). The number of alkyl halides is 2. The Hall–Kier alpha value is -1.30. The molecule has 1 aromatic heterocycles. The van der Waals surface area contributed by atoms with Crippen LogP contribution in [0.5, 0.6) is 5.88 Å². The number of halogens is 3. The summed E-state index contributed by atoms with van der Waals surface area (Å²) in [7, 11) is 0. The van der Waals surface area contributed by atoms with Gasteiger partial charge >= 0.3 is 5.92 Å². The van der Waals surface area contributed by atoms with Crippen molar-refractivity contribution in [3.05, 3.63) is 24.1 Å². The molecule has 15 heavy (non-hydrogen) atoms. The molecule has 1 saturated heterocycles. The fourth-order valence-corrected chi connectivity index (χ4v) is 1.21. The van der Waals surface area contributed by atoms with Crippen molar-refractivity contribution >= 4 is 0 Å². The molecule has 0 N–H and O–H groups in total. The lowest BCUT2D eigenvalue weighted by molar-refractivity contribution is -0.0671. The number of hydrogen-bond donors (Lipinski definition) is 0. The molecule has 0 spiro atoms. The smallest absolute Gasteiger partial charge is 0.309 e. The third-order valence-electron chi connectivity index (χ3n) is 2.00. The summed E-state index contributed by atoms with van der Waals surface area (Å²) in [5, 5.41) is 0. The molecule has 0 aliphatic carbocycles. The van der Waals surface area contributed by atoms with Gasteiger partial charge in [0, 0.05) is 6.07 Å². The van der Waals surface area contributed by atoms with Crippen LogP contribution >= 0.6 is 0 Å². The molecule has 1 aliphatic rings. The summed E-state index contributed by atoms with van der Waals surface area (Å²) in [6.07, 6.45) is -0.445. The van der Waals surface area contributed by atoms with Gasteiger partial charge in [0.15, 0.2) is 6.10 Å². The van der Waals surface area contributed by atoms with Crippen molar-refractivity contribution in [2.24, 2.45) is 0 Å². The van der Waals surface area contributed by atoms with Crippen molar-refractivity contribution < 1.29 is 22.6 Å². The Kier molecular flexibility index (Phi) is 2.52. The molecule has 3 nitrogen and oxygen atoms in total. The Labute approximate surface area is 83.8 Å². The van der Waals surface area contributed by atoms with Crippen molar-refractivity contribution in [3.63, 3.8) is 0 Å². The highest BCUT2D eigenvalue weighted by molar-refractivity contribution is 5.11. The number of hydrogen-bond acceptors (Lipinski definition) is 3. The molecule has 1 unspecified atom stereocenters. The van der Waals surface area contributed by atoms with E-state index in [2.05, 4.69) is 9.72 Å². The minimum Gasteiger partial charge on any atom is -0.465 e. The topological polar surface area (TPSA) is 31.4 Å². The summed E-state index contributed by atoms with van der Waals surface area (Å²) < 4.78 is 48.0. The monoisotopic (exact) mass is 219 g/mol. The van der Waals surface area contributed by atoms with E-state index in [1.807, 2.05) is 0 Å². The van der Waals surface area contributed by atoms with Crippen LogP contribution in [0.1, 0.15) is 0 Å². The summed E-state index contributed by atoms with van der Waals surface area (Å²) in [4.78, 5) is 3.52. The Bertz CT molecular complexity index is 342. The van der Waals surface area contributed by atoms with Crippen LogP contribution in [0.4, 0.5) is 13.2 Å². The summed E-state index contributed by atoms with van der Waals surface area (Å²) in [6, 6.07) is 2.29. The van der Waals surface area contributed by atoms with Crippen LogP contribution in [0.3, 0.4) is 0 Å². The molecule has 0 amide bonds. The molecule has 0 bridgehead atoms. The zero-order valence-corrected chi connectivity index (χ0v) is 7.62. The van der Waals surface area contributed by atoms with Gasteiger partial charge in [-0.15, -0.1) is 0 Å². The van der Waals surface area contributed by atoms with Gasteiger partial charge in [0.2, 0.25) is 5.88 Å². The van der Waals surface area contributed by atoms with Crippen LogP contribution in [0.15, 0.2) is 18.3 Å². The van der Waals surface area contributed by atoms with Gasteiger partial charge in [0.05, 0.1) is 12.8 Å². The van der Waals surface area contributed by atoms with E-state index in [1.54, 1.807) is 0 Å². The molecule has 1 atom stereocenters. The molecule has 1 aromatic rings. The second-order valence-electron chi connectivity index (χ2n) is 3.20. The maximum Gasteiger partial charge on any atom is 0.309 e. The van der Waals surface area contributed by atoms with E-state index in [0.717, 1.165) is 12.3 Å². The lowest BCUT2D eigenvalue weighted by atomic mass is 10.2. The molecule has 1 aliphatic heterocycles. The molecular formula is C9H8F3NO2. The van der Waals surface area contributed by atoms with E-state index in [-0.39, 0.29) is 12.5 Å². The zero-order valence-electron chi connectivity index (χ0n) is 7.62. The van der Waals surface area contributed by atoms with Gasteiger partial charge in [-0.3, -0.25) is 0 Å². The number of nitrogens with zero attached hydrogens (tertiary/aromatic N) is 1. The van der Waals surface area contributed by atoms with E-state index in [4.69, 9.17) is 4.74 Å². The Balaban J connectivity index is 2.06. The predicted molar refractivity (Wildman–Crippen MR) is 44.4 cm³/mol. The van der Waals surface area contributed by atoms with E-state index >= 15 is 0 Å². The normalized spacial score (nSPS) is 24.1. The van der Waals surface area contributed by atoms with Crippen LogP contribution in [0.2, 0.25) is 0 Å². The highest BCUT2D eigenvalue weighted by Gasteiger charge is 2.47. The Morgan fingerprint density at radius 2 is 2.27 bits per heavy atom. The summed E-state index contributed by atoms with van der Waals surface area (Å²) in [6.45, 7) is -0.842. The average Bonchev–Trinajstić information content (AvgIpc) is 2.50. The highest BCUT2D eigenvalue weighted by atomic mass is 19.3. The van der Waals surface area contributed by atoms with Crippen molar-refractivity contribution in [1.82, 2.24) is 4.98 Å². The van der Waals surface area contributed by atoms with Crippen LogP contribution in [-0.2, 0) is 4.74 Å². The maximum absolute atomic E-state index is 13.0. The van der Waals surface area contributed by atoms with Gasteiger partial charge in [0.1, 0.15) is 12.4 Å². The Morgan fingerprint density at radius 3 is 2.80 bits per heavy atom. The maximum atomic E-state index is 13.0. The second kappa shape index (κ2) is 3.69. The van der Waals surface area contributed by atoms with Crippen molar-refractivity contribution in [3.8, 4) is 5.88 Å². The summed E-state index contributed by atoms with van der Waals surface area (Å²) in [5.41, 5.74) is 0. The number of ether oxygens (including phenoxy) is 2. The first kappa shape index (κ1) is 10.2. The minimum absolute atomic E-state index is 0.0356. The first-order valence-corrected chi connectivity index (χ1v) is 4.32. The van der Waals surface area contributed by atoms with Gasteiger partial charge in [-0.2, -0.15) is 8.78 Å². The molecular weight excluding hydrogens is 211 g/mol. The van der Waals surface area contributed by atoms with Crippen molar-refractivity contribution in [1.29, 1.82) is 0 Å². The van der Waals surface area contributed by atoms with Crippen LogP contribution < -0.4 is 4.74 Å². The van der Waals surface area contributed by atoms with Gasteiger partial charge in [0.25, 0.3) is 0 Å². The average molecular weight is 219 g/mol. The number of rotatable bonds is 2. The first-order valence-electron chi connectivity index (χ1n) is 4.32. The highest BCUT2D eigenvalue weighted by Crippen LogP contribution is 2.28. The number of pyridine rings is 1. The zero-order chi connectivity index (χ0) is 10.9. The minimum atomic E-state index is -3.02. The molecule has 0 radical (unpaired) electrons. The molecule has 82 valence electrons. The van der Waals surface area contributed by atoms with Crippen LogP contribution in [0.25, 0.3) is 0 Å². The summed E-state index contributed by atoms with van der Waals surface area (Å²) in [5.74, 6) is -3.60. The van der Waals surface area contributed by atoms with Gasteiger partial charge in [-0.1, -0.05) is 0 Å². The number of aromatic nitrogens is 1. The van der Waals surface area contributed by atoms with Gasteiger partial charge < -0.3 is 9.47 Å². The first-order chi connectivity index (χ1) is 7.08. The van der Waals surface area contributed by atoms with Crippen molar-refractivity contribution in [2.45, 2.75) is 12.0 Å².